The zero-order valence-corrected chi connectivity index (χ0v) is 15.4. The first-order valence-electron chi connectivity index (χ1n) is 8.51. The first-order chi connectivity index (χ1) is 14.2. The molecule has 3 rings (SSSR count). The quantitative estimate of drug-likeness (QED) is 0.315. The number of hydrogen-bond donors (Lipinski definition) is 0. The zero-order valence-electron chi connectivity index (χ0n) is 15.4. The third-order valence-electron chi connectivity index (χ3n) is 4.12. The summed E-state index contributed by atoms with van der Waals surface area (Å²) in [4.78, 5) is 16.2. The molecule has 0 radical (unpaired) electrons. The van der Waals surface area contributed by atoms with E-state index >= 15 is 0 Å². The van der Waals surface area contributed by atoms with Crippen LogP contribution in [-0.4, -0.2) is 27.2 Å². The minimum absolute atomic E-state index is 0.0853. The lowest BCUT2D eigenvalue weighted by Gasteiger charge is -2.08. The Bertz CT molecular complexity index is 1070. The predicted molar refractivity (Wildman–Crippen MR) is 97.5 cm³/mol. The number of ether oxygens (including phenoxy) is 1. The van der Waals surface area contributed by atoms with Gasteiger partial charge in [0.25, 0.3) is 0 Å². The fraction of sp³-hybridized carbons (Fsp3) is 0.150. The Morgan fingerprint density at radius 1 is 1.13 bits per heavy atom. The Balaban J connectivity index is 1.82. The van der Waals surface area contributed by atoms with Crippen LogP contribution in [0, 0.1) is 6.92 Å². The number of benzene rings is 1. The summed E-state index contributed by atoms with van der Waals surface area (Å²) in [5.41, 5.74) is -0.0881. The number of hydrogen-bond acceptors (Lipinski definition) is 4. The summed E-state index contributed by atoms with van der Waals surface area (Å²) in [5.74, 6) is -0.449. The van der Waals surface area contributed by atoms with E-state index in [9.17, 15) is 26.7 Å². The van der Waals surface area contributed by atoms with Gasteiger partial charge in [-0.05, 0) is 37.3 Å². The molecular weight excluding hydrogens is 409 g/mol. The molecule has 1 aromatic carbocycles. The fourth-order valence-electron chi connectivity index (χ4n) is 2.64. The number of nitrogens with zero attached hydrogens (tertiary/aromatic N) is 3. The van der Waals surface area contributed by atoms with E-state index in [1.165, 1.54) is 41.2 Å². The molecule has 0 saturated heterocycles. The molecule has 0 aliphatic carbocycles. The maximum absolute atomic E-state index is 12.7. The second-order valence-electron chi connectivity index (χ2n) is 6.07. The molecule has 0 fully saturated rings. The van der Waals surface area contributed by atoms with E-state index in [-0.39, 0.29) is 22.7 Å². The summed E-state index contributed by atoms with van der Waals surface area (Å²) >= 11 is 0. The van der Waals surface area contributed by atoms with Crippen molar-refractivity contribution in [3.8, 4) is 11.6 Å². The van der Waals surface area contributed by atoms with Crippen molar-refractivity contribution in [1.82, 2.24) is 14.8 Å². The highest BCUT2D eigenvalue weighted by Crippen LogP contribution is 2.29. The maximum atomic E-state index is 12.7. The van der Waals surface area contributed by atoms with Crippen molar-refractivity contribution in [2.75, 3.05) is 0 Å². The number of ketones is 1. The third-order valence-corrected chi connectivity index (χ3v) is 4.12. The number of rotatable bonds is 6. The van der Waals surface area contributed by atoms with Gasteiger partial charge in [0.15, 0.2) is 11.6 Å². The molecule has 0 unspecified atom stereocenters. The van der Waals surface area contributed by atoms with Crippen molar-refractivity contribution in [3.63, 3.8) is 0 Å². The normalized spacial score (nSPS) is 12.0. The van der Waals surface area contributed by atoms with Crippen molar-refractivity contribution >= 4 is 11.9 Å². The molecule has 10 heteroatoms. The van der Waals surface area contributed by atoms with Crippen LogP contribution < -0.4 is 4.74 Å². The number of halogens is 5. The highest BCUT2D eigenvalue weighted by Gasteiger charge is 2.30. The van der Waals surface area contributed by atoms with E-state index in [4.69, 9.17) is 0 Å². The van der Waals surface area contributed by atoms with Crippen LogP contribution in [0.1, 0.15) is 27.2 Å². The van der Waals surface area contributed by atoms with E-state index in [1.807, 2.05) is 0 Å². The monoisotopic (exact) mass is 423 g/mol. The lowest BCUT2D eigenvalue weighted by Crippen LogP contribution is -2.08. The minimum atomic E-state index is -4.51. The molecule has 0 atom stereocenters. The molecule has 156 valence electrons. The van der Waals surface area contributed by atoms with Crippen LogP contribution in [0.4, 0.5) is 22.0 Å². The number of carbonyl (C=O) groups is 1. The predicted octanol–water partition coefficient (Wildman–Crippen LogP) is 5.09. The van der Waals surface area contributed by atoms with Crippen molar-refractivity contribution in [2.24, 2.45) is 0 Å². The second-order valence-corrected chi connectivity index (χ2v) is 6.07. The number of allylic oxidation sites excluding steroid dienone is 1. The molecule has 30 heavy (non-hydrogen) atoms. The first-order valence-corrected chi connectivity index (χ1v) is 8.51. The summed E-state index contributed by atoms with van der Waals surface area (Å²) in [6.45, 7) is -1.45. The summed E-state index contributed by atoms with van der Waals surface area (Å²) in [6, 6.07) is 7.97. The molecule has 0 bridgehead atoms. The molecule has 2 heterocycles. The van der Waals surface area contributed by atoms with Gasteiger partial charge < -0.3 is 4.74 Å². The van der Waals surface area contributed by atoms with Crippen LogP contribution in [0.5, 0.6) is 5.75 Å². The van der Waals surface area contributed by atoms with Gasteiger partial charge in [-0.2, -0.15) is 27.1 Å². The SMILES string of the molecule is Cc1c(C(=O)C=Cc2ccccc2OC(F)F)cnn1-c1ccc(C(F)(F)F)cn1. The second kappa shape index (κ2) is 8.44. The van der Waals surface area contributed by atoms with Crippen molar-refractivity contribution < 1.29 is 31.5 Å². The van der Waals surface area contributed by atoms with Gasteiger partial charge in [-0.25, -0.2) is 9.67 Å². The molecule has 0 N–H and O–H groups in total. The van der Waals surface area contributed by atoms with Gasteiger partial charge in [-0.1, -0.05) is 18.2 Å². The molecular formula is C20H14F5N3O2. The standard InChI is InChI=1S/C20H14F5N3O2/c1-12-15(11-27-28(12)18-9-7-14(10-26-18)20(23,24)25)16(29)8-6-13-4-2-3-5-17(13)30-19(21)22/h2-11,19H,1H3. The highest BCUT2D eigenvalue weighted by molar-refractivity contribution is 6.07. The van der Waals surface area contributed by atoms with E-state index in [2.05, 4.69) is 14.8 Å². The zero-order chi connectivity index (χ0) is 21.9. The number of para-hydroxylation sites is 1. The summed E-state index contributed by atoms with van der Waals surface area (Å²) in [6.07, 6.45) is -0.0863. The lowest BCUT2D eigenvalue weighted by molar-refractivity contribution is -0.137. The fourth-order valence-corrected chi connectivity index (χ4v) is 2.64. The van der Waals surface area contributed by atoms with Gasteiger partial charge in [0.2, 0.25) is 0 Å². The van der Waals surface area contributed by atoms with Gasteiger partial charge >= 0.3 is 12.8 Å². The Kier molecular flexibility index (Phi) is 5.95. The third kappa shape index (κ3) is 4.70. The van der Waals surface area contributed by atoms with Crippen LogP contribution in [-0.2, 0) is 6.18 Å². The van der Waals surface area contributed by atoms with Crippen LogP contribution >= 0.6 is 0 Å². The van der Waals surface area contributed by atoms with Crippen molar-refractivity contribution in [3.05, 3.63) is 77.3 Å². The van der Waals surface area contributed by atoms with Crippen molar-refractivity contribution in [1.29, 1.82) is 0 Å². The van der Waals surface area contributed by atoms with Crippen LogP contribution in [0.15, 0.2) is 54.9 Å². The van der Waals surface area contributed by atoms with Crippen molar-refractivity contribution in [2.45, 2.75) is 19.7 Å². The summed E-state index contributed by atoms with van der Waals surface area (Å²) in [5, 5.41) is 4.01. The number of carbonyl (C=O) groups excluding carboxylic acids is 1. The lowest BCUT2D eigenvalue weighted by atomic mass is 10.1. The minimum Gasteiger partial charge on any atom is -0.434 e. The Hall–Kier alpha value is -3.56. The van der Waals surface area contributed by atoms with Gasteiger partial charge in [-0.3, -0.25) is 4.79 Å². The Morgan fingerprint density at radius 3 is 2.50 bits per heavy atom. The molecule has 2 aromatic heterocycles. The summed E-state index contributed by atoms with van der Waals surface area (Å²) in [7, 11) is 0. The number of alkyl halides is 5. The molecule has 0 amide bonds. The van der Waals surface area contributed by atoms with E-state index in [0.717, 1.165) is 12.1 Å². The first kappa shape index (κ1) is 21.2. The maximum Gasteiger partial charge on any atom is 0.417 e. The smallest absolute Gasteiger partial charge is 0.417 e. The van der Waals surface area contributed by atoms with Crippen LogP contribution in [0.2, 0.25) is 0 Å². The van der Waals surface area contributed by atoms with E-state index < -0.39 is 24.1 Å². The van der Waals surface area contributed by atoms with Gasteiger partial charge in [0.1, 0.15) is 5.75 Å². The number of aromatic nitrogens is 3. The molecule has 0 spiro atoms. The molecule has 5 nitrogen and oxygen atoms in total. The average Bonchev–Trinajstić information content (AvgIpc) is 3.07. The van der Waals surface area contributed by atoms with Gasteiger partial charge in [0, 0.05) is 11.8 Å². The molecule has 3 aromatic rings. The summed E-state index contributed by atoms with van der Waals surface area (Å²) < 4.78 is 68.6. The largest absolute Gasteiger partial charge is 0.434 e. The van der Waals surface area contributed by atoms with Gasteiger partial charge in [0.05, 0.1) is 23.0 Å². The molecule has 0 saturated carbocycles. The Labute approximate surface area is 167 Å². The molecule has 0 aliphatic rings. The average molecular weight is 423 g/mol. The van der Waals surface area contributed by atoms with Crippen LogP contribution in [0.25, 0.3) is 11.9 Å². The Morgan fingerprint density at radius 2 is 1.87 bits per heavy atom. The van der Waals surface area contributed by atoms with E-state index in [0.29, 0.717) is 11.9 Å². The number of pyridine rings is 1. The van der Waals surface area contributed by atoms with Gasteiger partial charge in [-0.15, -0.1) is 0 Å². The van der Waals surface area contributed by atoms with Crippen LogP contribution in [0.3, 0.4) is 0 Å². The topological polar surface area (TPSA) is 57.0 Å². The molecule has 0 aliphatic heterocycles. The highest BCUT2D eigenvalue weighted by atomic mass is 19.4. The van der Waals surface area contributed by atoms with E-state index in [1.54, 1.807) is 13.0 Å².